The normalized spacial score (nSPS) is 18.0. The Morgan fingerprint density at radius 2 is 1.86 bits per heavy atom. The molecule has 2 aromatic rings. The van der Waals surface area contributed by atoms with Gasteiger partial charge in [-0.1, -0.05) is 43.0 Å². The Balaban J connectivity index is 1.84. The molecule has 0 radical (unpaired) electrons. The molecule has 22 heavy (non-hydrogen) atoms. The molecule has 0 unspecified atom stereocenters. The van der Waals surface area contributed by atoms with Crippen LogP contribution in [0.5, 0.6) is 5.75 Å². The number of aromatic nitrogens is 2. The van der Waals surface area contributed by atoms with Crippen LogP contribution < -0.4 is 4.74 Å². The van der Waals surface area contributed by atoms with Gasteiger partial charge in [0, 0.05) is 23.5 Å². The Morgan fingerprint density at radius 3 is 2.73 bits per heavy atom. The van der Waals surface area contributed by atoms with E-state index >= 15 is 0 Å². The summed E-state index contributed by atoms with van der Waals surface area (Å²) in [6.07, 6.45) is 6.96. The van der Waals surface area contributed by atoms with E-state index in [0.717, 1.165) is 34.8 Å². The lowest BCUT2D eigenvalue weighted by Crippen LogP contribution is -2.11. The van der Waals surface area contributed by atoms with Crippen molar-refractivity contribution in [3.8, 4) is 17.0 Å². The molecule has 114 valence electrons. The minimum Gasteiger partial charge on any atom is -0.493 e. The monoisotopic (exact) mass is 314 g/mol. The van der Waals surface area contributed by atoms with E-state index in [1.54, 1.807) is 0 Å². The molecule has 1 saturated carbocycles. The molecule has 0 N–H and O–H groups in total. The highest BCUT2D eigenvalue weighted by Crippen LogP contribution is 2.38. The molecule has 2 aliphatic rings. The first-order valence-corrected chi connectivity index (χ1v) is 8.49. The summed E-state index contributed by atoms with van der Waals surface area (Å²) in [5.41, 5.74) is 3.02. The summed E-state index contributed by atoms with van der Waals surface area (Å²) < 4.78 is 5.84. The molecule has 1 aliphatic carbocycles. The Bertz CT molecular complexity index is 695. The van der Waals surface area contributed by atoms with E-state index < -0.39 is 0 Å². The summed E-state index contributed by atoms with van der Waals surface area (Å²) in [6, 6.07) is 8.08. The molecule has 0 saturated heterocycles. The smallest absolute Gasteiger partial charge is 0.136 e. The van der Waals surface area contributed by atoms with E-state index in [0.29, 0.717) is 17.7 Å². The molecule has 0 amide bonds. The summed E-state index contributed by atoms with van der Waals surface area (Å²) in [5, 5.41) is 0.603. The molecule has 2 heterocycles. The van der Waals surface area contributed by atoms with Gasteiger partial charge in [0.15, 0.2) is 0 Å². The third kappa shape index (κ3) is 2.48. The highest BCUT2D eigenvalue weighted by molar-refractivity contribution is 6.30. The highest BCUT2D eigenvalue weighted by atomic mass is 35.5. The van der Waals surface area contributed by atoms with Crippen molar-refractivity contribution in [3.63, 3.8) is 0 Å². The molecular formula is C18H19ClN2O. The SMILES string of the molecule is Clc1nc(C2CCCCC2)nc2c1CCOc1ccccc1-2. The van der Waals surface area contributed by atoms with E-state index in [4.69, 9.17) is 21.3 Å². The minimum atomic E-state index is 0.452. The number of hydrogen-bond donors (Lipinski definition) is 0. The Kier molecular flexibility index (Phi) is 3.75. The van der Waals surface area contributed by atoms with Gasteiger partial charge in [0.1, 0.15) is 16.7 Å². The van der Waals surface area contributed by atoms with Gasteiger partial charge in [-0.05, 0) is 25.0 Å². The van der Waals surface area contributed by atoms with Gasteiger partial charge >= 0.3 is 0 Å². The first-order chi connectivity index (χ1) is 10.8. The zero-order chi connectivity index (χ0) is 14.9. The maximum Gasteiger partial charge on any atom is 0.136 e. The van der Waals surface area contributed by atoms with Crippen LogP contribution in [0.3, 0.4) is 0 Å². The molecule has 1 fully saturated rings. The Labute approximate surface area is 135 Å². The van der Waals surface area contributed by atoms with Crippen LogP contribution in [0, 0.1) is 0 Å². The van der Waals surface area contributed by atoms with Crippen LogP contribution in [0.1, 0.15) is 49.4 Å². The third-order valence-electron chi connectivity index (χ3n) is 4.70. The molecule has 1 aromatic carbocycles. The largest absolute Gasteiger partial charge is 0.493 e. The quantitative estimate of drug-likeness (QED) is 0.710. The standard InChI is InChI=1S/C18H19ClN2O/c19-17-14-10-11-22-15-9-5-4-8-13(15)16(14)20-18(21-17)12-6-2-1-3-7-12/h4-5,8-9,12H,1-3,6-7,10-11H2. The van der Waals surface area contributed by atoms with Gasteiger partial charge in [-0.15, -0.1) is 0 Å². The number of ether oxygens (including phenoxy) is 1. The van der Waals surface area contributed by atoms with E-state index in [9.17, 15) is 0 Å². The first-order valence-electron chi connectivity index (χ1n) is 8.11. The molecule has 0 atom stereocenters. The van der Waals surface area contributed by atoms with Crippen LogP contribution in [-0.4, -0.2) is 16.6 Å². The third-order valence-corrected chi connectivity index (χ3v) is 5.01. The number of hydrogen-bond acceptors (Lipinski definition) is 3. The second kappa shape index (κ2) is 5.88. The maximum atomic E-state index is 6.50. The van der Waals surface area contributed by atoms with Crippen molar-refractivity contribution in [2.75, 3.05) is 6.61 Å². The van der Waals surface area contributed by atoms with Gasteiger partial charge in [0.05, 0.1) is 12.3 Å². The molecule has 1 aromatic heterocycles. The summed E-state index contributed by atoms with van der Waals surface area (Å²) in [5.74, 6) is 2.26. The molecule has 1 aliphatic heterocycles. The van der Waals surface area contributed by atoms with Crippen LogP contribution >= 0.6 is 11.6 Å². The molecule has 0 spiro atoms. The fourth-order valence-electron chi connectivity index (χ4n) is 3.51. The van der Waals surface area contributed by atoms with Crippen molar-refractivity contribution in [2.45, 2.75) is 44.4 Å². The minimum absolute atomic E-state index is 0.452. The zero-order valence-corrected chi connectivity index (χ0v) is 13.3. The summed E-state index contributed by atoms with van der Waals surface area (Å²) >= 11 is 6.50. The molecule has 3 nitrogen and oxygen atoms in total. The van der Waals surface area contributed by atoms with Gasteiger partial charge < -0.3 is 4.74 Å². The highest BCUT2D eigenvalue weighted by Gasteiger charge is 2.24. The predicted octanol–water partition coefficient (Wildman–Crippen LogP) is 4.78. The van der Waals surface area contributed by atoms with E-state index in [2.05, 4.69) is 11.1 Å². The lowest BCUT2D eigenvalue weighted by atomic mass is 9.88. The second-order valence-corrected chi connectivity index (χ2v) is 6.49. The lowest BCUT2D eigenvalue weighted by Gasteiger charge is -2.21. The molecule has 4 heteroatoms. The van der Waals surface area contributed by atoms with Crippen molar-refractivity contribution in [3.05, 3.63) is 40.8 Å². The molecule has 0 bridgehead atoms. The van der Waals surface area contributed by atoms with Crippen molar-refractivity contribution >= 4 is 11.6 Å². The van der Waals surface area contributed by atoms with Gasteiger partial charge in [0.2, 0.25) is 0 Å². The average Bonchev–Trinajstić information content (AvgIpc) is 2.76. The van der Waals surface area contributed by atoms with Crippen LogP contribution in [0.15, 0.2) is 24.3 Å². The fourth-order valence-corrected chi connectivity index (χ4v) is 3.78. The van der Waals surface area contributed by atoms with Crippen LogP contribution in [0.2, 0.25) is 5.15 Å². The van der Waals surface area contributed by atoms with E-state index in [1.165, 1.54) is 32.1 Å². The van der Waals surface area contributed by atoms with Gasteiger partial charge in [-0.25, -0.2) is 9.97 Å². The lowest BCUT2D eigenvalue weighted by molar-refractivity contribution is 0.326. The van der Waals surface area contributed by atoms with Gasteiger partial charge in [-0.2, -0.15) is 0 Å². The number of fused-ring (bicyclic) bond motifs is 3. The maximum absolute atomic E-state index is 6.50. The van der Waals surface area contributed by atoms with Crippen molar-refractivity contribution in [1.82, 2.24) is 9.97 Å². The average molecular weight is 315 g/mol. The molecule has 4 rings (SSSR count). The van der Waals surface area contributed by atoms with Gasteiger partial charge in [0.25, 0.3) is 0 Å². The number of rotatable bonds is 1. The van der Waals surface area contributed by atoms with Crippen molar-refractivity contribution < 1.29 is 4.74 Å². The Morgan fingerprint density at radius 1 is 1.05 bits per heavy atom. The number of halogens is 1. The number of nitrogens with zero attached hydrogens (tertiary/aromatic N) is 2. The number of benzene rings is 1. The van der Waals surface area contributed by atoms with Crippen molar-refractivity contribution in [1.29, 1.82) is 0 Å². The summed E-state index contributed by atoms with van der Waals surface area (Å²) in [4.78, 5) is 9.55. The first kappa shape index (κ1) is 14.0. The van der Waals surface area contributed by atoms with Crippen LogP contribution in [0.25, 0.3) is 11.3 Å². The van der Waals surface area contributed by atoms with Crippen LogP contribution in [-0.2, 0) is 6.42 Å². The summed E-state index contributed by atoms with van der Waals surface area (Å²) in [7, 11) is 0. The van der Waals surface area contributed by atoms with E-state index in [1.807, 2.05) is 18.2 Å². The Hall–Kier alpha value is -1.61. The zero-order valence-electron chi connectivity index (χ0n) is 12.5. The predicted molar refractivity (Wildman–Crippen MR) is 87.5 cm³/mol. The number of para-hydroxylation sites is 1. The van der Waals surface area contributed by atoms with Crippen LogP contribution in [0.4, 0.5) is 0 Å². The van der Waals surface area contributed by atoms with Crippen molar-refractivity contribution in [2.24, 2.45) is 0 Å². The second-order valence-electron chi connectivity index (χ2n) is 6.13. The van der Waals surface area contributed by atoms with E-state index in [-0.39, 0.29) is 0 Å². The topological polar surface area (TPSA) is 35.0 Å². The van der Waals surface area contributed by atoms with Gasteiger partial charge in [-0.3, -0.25) is 0 Å². The fraction of sp³-hybridized carbons (Fsp3) is 0.444. The molecular weight excluding hydrogens is 296 g/mol. The summed E-state index contributed by atoms with van der Waals surface area (Å²) in [6.45, 7) is 0.621.